The van der Waals surface area contributed by atoms with Crippen molar-refractivity contribution in [2.45, 2.75) is 0 Å². The summed E-state index contributed by atoms with van der Waals surface area (Å²) in [6.07, 6.45) is 3.71. The van der Waals surface area contributed by atoms with E-state index < -0.39 is 4.92 Å². The van der Waals surface area contributed by atoms with Crippen molar-refractivity contribution in [3.63, 3.8) is 0 Å². The topological polar surface area (TPSA) is 76.3 Å². The van der Waals surface area contributed by atoms with Gasteiger partial charge in [0.25, 0.3) is 5.69 Å². The van der Waals surface area contributed by atoms with Gasteiger partial charge in [-0.25, -0.2) is 4.98 Å². The van der Waals surface area contributed by atoms with Crippen molar-refractivity contribution in [3.05, 3.63) is 61.6 Å². The van der Waals surface area contributed by atoms with Gasteiger partial charge in [-0.2, -0.15) is 0 Å². The number of non-ortho nitro benzene ring substituents is 1. The van der Waals surface area contributed by atoms with Crippen LogP contribution in [0.3, 0.4) is 0 Å². The molecule has 0 aliphatic carbocycles. The standard InChI is InChI=1S/C15H9BrN2O3S/c16-11-7-9(1-4-13(11)19)2-6-15-17-12-8-10(18(20)21)3-5-14(12)22-15/h1-8,19H/b6-2+. The quantitative estimate of drug-likeness (QED) is 0.523. The molecule has 3 rings (SSSR count). The summed E-state index contributed by atoms with van der Waals surface area (Å²) in [5, 5.41) is 21.0. The molecule has 0 fully saturated rings. The summed E-state index contributed by atoms with van der Waals surface area (Å²) in [5.41, 5.74) is 1.57. The molecule has 5 nitrogen and oxygen atoms in total. The zero-order valence-electron chi connectivity index (χ0n) is 11.1. The lowest BCUT2D eigenvalue weighted by atomic mass is 10.2. The van der Waals surface area contributed by atoms with Gasteiger partial charge < -0.3 is 5.11 Å². The first-order valence-electron chi connectivity index (χ1n) is 6.24. The predicted octanol–water partition coefficient (Wildman–Crippen LogP) is 4.84. The first-order chi connectivity index (χ1) is 10.5. The second-order valence-corrected chi connectivity index (χ2v) is 6.42. The van der Waals surface area contributed by atoms with E-state index in [2.05, 4.69) is 20.9 Å². The maximum absolute atomic E-state index is 10.8. The van der Waals surface area contributed by atoms with E-state index in [1.165, 1.54) is 23.5 Å². The third kappa shape index (κ3) is 3.00. The van der Waals surface area contributed by atoms with Gasteiger partial charge in [-0.05, 0) is 45.8 Å². The second kappa shape index (κ2) is 5.86. The molecule has 1 aromatic heterocycles. The minimum absolute atomic E-state index is 0.0378. The van der Waals surface area contributed by atoms with Crippen molar-refractivity contribution in [3.8, 4) is 5.75 Å². The molecule has 3 aromatic rings. The molecule has 1 N–H and O–H groups in total. The first kappa shape index (κ1) is 14.7. The van der Waals surface area contributed by atoms with E-state index in [4.69, 9.17) is 0 Å². The molecule has 2 aromatic carbocycles. The van der Waals surface area contributed by atoms with Crippen LogP contribution in [0.1, 0.15) is 10.6 Å². The number of nitrogens with zero attached hydrogens (tertiary/aromatic N) is 2. The Morgan fingerprint density at radius 1 is 1.23 bits per heavy atom. The summed E-state index contributed by atoms with van der Waals surface area (Å²) in [6, 6.07) is 9.84. The summed E-state index contributed by atoms with van der Waals surface area (Å²) >= 11 is 4.72. The Balaban J connectivity index is 1.91. The Bertz CT molecular complexity index is 905. The molecule has 0 saturated carbocycles. The fourth-order valence-electron chi connectivity index (χ4n) is 1.91. The largest absolute Gasteiger partial charge is 0.507 e. The number of phenols is 1. The highest BCUT2D eigenvalue weighted by Crippen LogP contribution is 2.28. The molecule has 0 saturated heterocycles. The van der Waals surface area contributed by atoms with E-state index in [1.807, 2.05) is 12.2 Å². The number of nitro benzene ring substituents is 1. The number of halogens is 1. The van der Waals surface area contributed by atoms with Crippen LogP contribution < -0.4 is 0 Å². The van der Waals surface area contributed by atoms with E-state index >= 15 is 0 Å². The number of aromatic nitrogens is 1. The summed E-state index contributed by atoms with van der Waals surface area (Å²) in [7, 11) is 0. The summed E-state index contributed by atoms with van der Waals surface area (Å²) < 4.78 is 1.52. The van der Waals surface area contributed by atoms with Crippen LogP contribution >= 0.6 is 27.3 Å². The molecular formula is C15H9BrN2O3S. The number of hydrogen-bond donors (Lipinski definition) is 1. The zero-order chi connectivity index (χ0) is 15.7. The number of phenolic OH excluding ortho intramolecular Hbond substituents is 1. The molecular weight excluding hydrogens is 368 g/mol. The minimum Gasteiger partial charge on any atom is -0.507 e. The monoisotopic (exact) mass is 376 g/mol. The average Bonchev–Trinajstić information content (AvgIpc) is 2.90. The fourth-order valence-corrected chi connectivity index (χ4v) is 3.16. The molecule has 7 heteroatoms. The molecule has 1 heterocycles. The Labute approximate surface area is 137 Å². The molecule has 0 aliphatic rings. The smallest absolute Gasteiger partial charge is 0.271 e. The van der Waals surface area contributed by atoms with Gasteiger partial charge in [0, 0.05) is 12.1 Å². The van der Waals surface area contributed by atoms with E-state index in [1.54, 1.807) is 24.3 Å². The lowest BCUT2D eigenvalue weighted by Gasteiger charge is -1.97. The maximum Gasteiger partial charge on any atom is 0.271 e. The van der Waals surface area contributed by atoms with Gasteiger partial charge in [0.1, 0.15) is 10.8 Å². The highest BCUT2D eigenvalue weighted by Gasteiger charge is 2.09. The van der Waals surface area contributed by atoms with Gasteiger partial charge in [0.05, 0.1) is 19.6 Å². The third-order valence-corrected chi connectivity index (χ3v) is 4.63. The van der Waals surface area contributed by atoms with Crippen LogP contribution in [-0.4, -0.2) is 15.0 Å². The molecule has 0 unspecified atom stereocenters. The molecule has 0 bridgehead atoms. The van der Waals surface area contributed by atoms with Gasteiger partial charge in [0.2, 0.25) is 0 Å². The number of benzene rings is 2. The highest BCUT2D eigenvalue weighted by atomic mass is 79.9. The Morgan fingerprint density at radius 2 is 2.05 bits per heavy atom. The van der Waals surface area contributed by atoms with Crippen molar-refractivity contribution in [1.82, 2.24) is 4.98 Å². The van der Waals surface area contributed by atoms with Gasteiger partial charge in [-0.15, -0.1) is 11.3 Å². The SMILES string of the molecule is O=[N+]([O-])c1ccc2sc(/C=C/c3ccc(O)c(Br)c3)nc2c1. The molecule has 0 amide bonds. The number of hydrogen-bond acceptors (Lipinski definition) is 5. The Morgan fingerprint density at radius 3 is 2.77 bits per heavy atom. The highest BCUT2D eigenvalue weighted by molar-refractivity contribution is 9.10. The Kier molecular flexibility index (Phi) is 3.91. The van der Waals surface area contributed by atoms with Crippen molar-refractivity contribution < 1.29 is 10.0 Å². The average molecular weight is 377 g/mol. The zero-order valence-corrected chi connectivity index (χ0v) is 13.5. The van der Waals surface area contributed by atoms with Crippen molar-refractivity contribution in [2.24, 2.45) is 0 Å². The second-order valence-electron chi connectivity index (χ2n) is 4.51. The van der Waals surface area contributed by atoms with Crippen molar-refractivity contribution in [1.29, 1.82) is 0 Å². The maximum atomic E-state index is 10.8. The first-order valence-corrected chi connectivity index (χ1v) is 7.85. The lowest BCUT2D eigenvalue weighted by molar-refractivity contribution is -0.384. The summed E-state index contributed by atoms with van der Waals surface area (Å²) in [4.78, 5) is 14.7. The number of rotatable bonds is 3. The number of nitro groups is 1. The van der Waals surface area contributed by atoms with Crippen LogP contribution in [0.5, 0.6) is 5.75 Å². The third-order valence-electron chi connectivity index (χ3n) is 2.99. The van der Waals surface area contributed by atoms with Crippen LogP contribution in [0.2, 0.25) is 0 Å². The molecule has 0 spiro atoms. The van der Waals surface area contributed by atoms with E-state index in [0.29, 0.717) is 9.99 Å². The van der Waals surface area contributed by atoms with Gasteiger partial charge in [0.15, 0.2) is 0 Å². The van der Waals surface area contributed by atoms with Crippen LogP contribution in [0, 0.1) is 10.1 Å². The van der Waals surface area contributed by atoms with Crippen LogP contribution in [0.15, 0.2) is 40.9 Å². The van der Waals surface area contributed by atoms with Crippen LogP contribution in [-0.2, 0) is 0 Å². The molecule has 110 valence electrons. The van der Waals surface area contributed by atoms with E-state index in [9.17, 15) is 15.2 Å². The van der Waals surface area contributed by atoms with Crippen LogP contribution in [0.25, 0.3) is 22.4 Å². The lowest BCUT2D eigenvalue weighted by Crippen LogP contribution is -1.86. The van der Waals surface area contributed by atoms with Gasteiger partial charge in [-0.3, -0.25) is 10.1 Å². The summed E-state index contributed by atoms with van der Waals surface area (Å²) in [6.45, 7) is 0. The van der Waals surface area contributed by atoms with Crippen molar-refractivity contribution in [2.75, 3.05) is 0 Å². The normalized spacial score (nSPS) is 11.3. The molecule has 0 atom stereocenters. The van der Waals surface area contributed by atoms with E-state index in [0.717, 1.165) is 15.3 Å². The molecule has 22 heavy (non-hydrogen) atoms. The molecule has 0 aliphatic heterocycles. The minimum atomic E-state index is -0.428. The van der Waals surface area contributed by atoms with Crippen LogP contribution in [0.4, 0.5) is 5.69 Å². The predicted molar refractivity (Wildman–Crippen MR) is 91.0 cm³/mol. The van der Waals surface area contributed by atoms with Gasteiger partial charge in [-0.1, -0.05) is 12.1 Å². The fraction of sp³-hybridized carbons (Fsp3) is 0. The van der Waals surface area contributed by atoms with Crippen molar-refractivity contribution >= 4 is 55.3 Å². The summed E-state index contributed by atoms with van der Waals surface area (Å²) in [5.74, 6) is 0.185. The van der Waals surface area contributed by atoms with Gasteiger partial charge >= 0.3 is 0 Å². The van der Waals surface area contributed by atoms with E-state index in [-0.39, 0.29) is 11.4 Å². The number of thiazole rings is 1. The number of aromatic hydroxyl groups is 1. The Hall–Kier alpha value is -2.25. The number of fused-ring (bicyclic) bond motifs is 1. The molecule has 0 radical (unpaired) electrons.